The Hall–Kier alpha value is -0.820. The molecular weight excluding hydrogens is 170 g/mol. The minimum absolute atomic E-state index is 0.612. The van der Waals surface area contributed by atoms with Crippen LogP contribution >= 0.6 is 11.6 Å². The quantitative estimate of drug-likeness (QED) is 0.639. The summed E-state index contributed by atoms with van der Waals surface area (Å²) in [6.45, 7) is 7.71. The lowest BCUT2D eigenvalue weighted by atomic mass is 10.1. The van der Waals surface area contributed by atoms with Crippen LogP contribution in [0, 0.1) is 6.92 Å². The van der Waals surface area contributed by atoms with Crippen LogP contribution in [0.2, 0.25) is 5.15 Å². The van der Waals surface area contributed by atoms with Gasteiger partial charge in [-0.15, -0.1) is 0 Å². The first-order valence-electron chi connectivity index (χ1n) is 3.97. The minimum Gasteiger partial charge on any atom is -0.241 e. The summed E-state index contributed by atoms with van der Waals surface area (Å²) in [4.78, 5) is 4.21. The molecule has 64 valence electrons. The predicted molar refractivity (Wildman–Crippen MR) is 53.5 cm³/mol. The van der Waals surface area contributed by atoms with Crippen molar-refractivity contribution in [3.05, 3.63) is 34.6 Å². The van der Waals surface area contributed by atoms with Gasteiger partial charge in [0.25, 0.3) is 0 Å². The summed E-state index contributed by atoms with van der Waals surface area (Å²) in [7, 11) is 0. The fourth-order valence-corrected chi connectivity index (χ4v) is 1.40. The molecule has 12 heavy (non-hydrogen) atoms. The van der Waals surface area contributed by atoms with Crippen molar-refractivity contribution in [3.8, 4) is 0 Å². The minimum atomic E-state index is 0.612. The third-order valence-electron chi connectivity index (χ3n) is 1.88. The van der Waals surface area contributed by atoms with Crippen LogP contribution in [-0.2, 0) is 6.42 Å². The van der Waals surface area contributed by atoms with Crippen LogP contribution in [0.15, 0.2) is 12.6 Å². The Morgan fingerprint density at radius 2 is 2.33 bits per heavy atom. The lowest BCUT2D eigenvalue weighted by Crippen LogP contribution is -1.92. The van der Waals surface area contributed by atoms with Crippen molar-refractivity contribution < 1.29 is 0 Å². The molecule has 0 amide bonds. The van der Waals surface area contributed by atoms with Crippen LogP contribution in [0.3, 0.4) is 0 Å². The Morgan fingerprint density at radius 1 is 1.67 bits per heavy atom. The van der Waals surface area contributed by atoms with Gasteiger partial charge >= 0.3 is 0 Å². The molecule has 0 aliphatic carbocycles. The van der Waals surface area contributed by atoms with E-state index in [0.29, 0.717) is 5.15 Å². The Balaban J connectivity index is 3.26. The van der Waals surface area contributed by atoms with Crippen LogP contribution in [0.5, 0.6) is 0 Å². The van der Waals surface area contributed by atoms with Gasteiger partial charge in [0.15, 0.2) is 0 Å². The molecule has 2 heteroatoms. The van der Waals surface area contributed by atoms with Crippen molar-refractivity contribution in [3.63, 3.8) is 0 Å². The summed E-state index contributed by atoms with van der Waals surface area (Å²) in [6, 6.07) is 2.04. The van der Waals surface area contributed by atoms with Crippen LogP contribution in [-0.4, -0.2) is 4.98 Å². The number of aromatic nitrogens is 1. The lowest BCUT2D eigenvalue weighted by Gasteiger charge is -2.04. The number of rotatable bonds is 2. The predicted octanol–water partition coefficient (Wildman–Crippen LogP) is 3.25. The topological polar surface area (TPSA) is 12.9 Å². The summed E-state index contributed by atoms with van der Waals surface area (Å²) in [5, 5.41) is 0.612. The summed E-state index contributed by atoms with van der Waals surface area (Å²) >= 11 is 5.91. The molecule has 1 aromatic rings. The highest BCUT2D eigenvalue weighted by Crippen LogP contribution is 2.18. The van der Waals surface area contributed by atoms with E-state index in [2.05, 4.69) is 18.5 Å². The van der Waals surface area contributed by atoms with Crippen molar-refractivity contribution >= 4 is 17.7 Å². The molecule has 0 N–H and O–H groups in total. The maximum Gasteiger partial charge on any atom is 0.132 e. The van der Waals surface area contributed by atoms with E-state index in [4.69, 9.17) is 11.6 Å². The summed E-state index contributed by atoms with van der Waals surface area (Å²) in [5.74, 6) is 0. The van der Waals surface area contributed by atoms with Gasteiger partial charge in [0.2, 0.25) is 0 Å². The molecule has 0 atom stereocenters. The molecule has 0 aliphatic heterocycles. The number of halogens is 1. The molecule has 0 fully saturated rings. The molecule has 1 heterocycles. The normalized spacial score (nSPS) is 9.92. The number of hydrogen-bond acceptors (Lipinski definition) is 1. The van der Waals surface area contributed by atoms with Gasteiger partial charge < -0.3 is 0 Å². The number of pyridine rings is 1. The van der Waals surface area contributed by atoms with E-state index < -0.39 is 0 Å². The van der Waals surface area contributed by atoms with E-state index in [1.807, 2.05) is 13.0 Å². The SMILES string of the molecule is C=Cc1cc(CC)c(Cl)nc1C. The number of aryl methyl sites for hydroxylation is 2. The molecule has 0 radical (unpaired) electrons. The second-order valence-corrected chi connectivity index (χ2v) is 3.03. The van der Waals surface area contributed by atoms with Gasteiger partial charge in [-0.2, -0.15) is 0 Å². The Kier molecular flexibility index (Phi) is 2.88. The Morgan fingerprint density at radius 3 is 2.83 bits per heavy atom. The van der Waals surface area contributed by atoms with Gasteiger partial charge in [-0.05, 0) is 30.5 Å². The molecule has 0 saturated heterocycles. The highest BCUT2D eigenvalue weighted by Gasteiger charge is 2.02. The van der Waals surface area contributed by atoms with E-state index in [-0.39, 0.29) is 0 Å². The molecule has 1 aromatic heterocycles. The van der Waals surface area contributed by atoms with E-state index in [1.54, 1.807) is 6.08 Å². The molecule has 0 aromatic carbocycles. The second-order valence-electron chi connectivity index (χ2n) is 2.67. The van der Waals surface area contributed by atoms with Gasteiger partial charge in [-0.25, -0.2) is 4.98 Å². The Labute approximate surface area is 78.1 Å². The van der Waals surface area contributed by atoms with Crippen molar-refractivity contribution in [2.24, 2.45) is 0 Å². The largest absolute Gasteiger partial charge is 0.241 e. The third kappa shape index (κ3) is 1.67. The van der Waals surface area contributed by atoms with Crippen molar-refractivity contribution in [2.75, 3.05) is 0 Å². The maximum atomic E-state index is 5.91. The highest BCUT2D eigenvalue weighted by atomic mass is 35.5. The summed E-state index contributed by atoms with van der Waals surface area (Å²) < 4.78 is 0. The lowest BCUT2D eigenvalue weighted by molar-refractivity contribution is 1.07. The highest BCUT2D eigenvalue weighted by molar-refractivity contribution is 6.30. The van der Waals surface area contributed by atoms with Gasteiger partial charge in [0.05, 0.1) is 0 Å². The van der Waals surface area contributed by atoms with Gasteiger partial charge in [0, 0.05) is 5.69 Å². The molecule has 1 nitrogen and oxygen atoms in total. The van der Waals surface area contributed by atoms with Crippen LogP contribution in [0.25, 0.3) is 6.08 Å². The van der Waals surface area contributed by atoms with E-state index in [0.717, 1.165) is 23.2 Å². The molecule has 0 aliphatic rings. The van der Waals surface area contributed by atoms with Crippen LogP contribution in [0.1, 0.15) is 23.7 Å². The Bertz CT molecular complexity index is 305. The number of hydrogen-bond donors (Lipinski definition) is 0. The van der Waals surface area contributed by atoms with E-state index >= 15 is 0 Å². The number of nitrogens with zero attached hydrogens (tertiary/aromatic N) is 1. The monoisotopic (exact) mass is 181 g/mol. The average molecular weight is 182 g/mol. The average Bonchev–Trinajstić information content (AvgIpc) is 2.05. The zero-order valence-electron chi connectivity index (χ0n) is 7.39. The molecule has 0 spiro atoms. The zero-order valence-corrected chi connectivity index (χ0v) is 8.15. The van der Waals surface area contributed by atoms with Gasteiger partial charge in [0.1, 0.15) is 5.15 Å². The van der Waals surface area contributed by atoms with Crippen LogP contribution in [0.4, 0.5) is 0 Å². The van der Waals surface area contributed by atoms with E-state index in [1.165, 1.54) is 0 Å². The third-order valence-corrected chi connectivity index (χ3v) is 2.21. The second kappa shape index (κ2) is 3.72. The molecule has 1 rings (SSSR count). The summed E-state index contributed by atoms with van der Waals surface area (Å²) in [5.41, 5.74) is 3.08. The maximum absolute atomic E-state index is 5.91. The first kappa shape index (κ1) is 9.27. The van der Waals surface area contributed by atoms with Crippen molar-refractivity contribution in [2.45, 2.75) is 20.3 Å². The van der Waals surface area contributed by atoms with Crippen molar-refractivity contribution in [1.29, 1.82) is 0 Å². The van der Waals surface area contributed by atoms with Gasteiger partial charge in [-0.3, -0.25) is 0 Å². The fourth-order valence-electron chi connectivity index (χ4n) is 1.09. The smallest absolute Gasteiger partial charge is 0.132 e. The fraction of sp³-hybridized carbons (Fsp3) is 0.300. The van der Waals surface area contributed by atoms with Gasteiger partial charge in [-0.1, -0.05) is 31.2 Å². The van der Waals surface area contributed by atoms with E-state index in [9.17, 15) is 0 Å². The summed E-state index contributed by atoms with van der Waals surface area (Å²) in [6.07, 6.45) is 2.71. The molecule has 0 saturated carbocycles. The van der Waals surface area contributed by atoms with Crippen molar-refractivity contribution in [1.82, 2.24) is 4.98 Å². The molecule has 0 bridgehead atoms. The first-order chi connectivity index (χ1) is 5.69. The first-order valence-corrected chi connectivity index (χ1v) is 4.35. The molecular formula is C10H12ClN. The molecule has 0 unspecified atom stereocenters. The zero-order chi connectivity index (χ0) is 9.14. The standard InChI is InChI=1S/C10H12ClN/c1-4-8-6-9(5-2)10(11)12-7(8)3/h4,6H,1,5H2,2-3H3. The van der Waals surface area contributed by atoms with Crippen LogP contribution < -0.4 is 0 Å².